The Kier molecular flexibility index (Phi) is 5.72. The summed E-state index contributed by atoms with van der Waals surface area (Å²) in [6.45, 7) is 12.9. The van der Waals surface area contributed by atoms with Crippen LogP contribution >= 0.6 is 0 Å². The summed E-state index contributed by atoms with van der Waals surface area (Å²) in [7, 11) is 0. The molecule has 4 fully saturated rings. The molecule has 0 heterocycles. The van der Waals surface area contributed by atoms with E-state index in [1.807, 2.05) is 5.57 Å². The van der Waals surface area contributed by atoms with Crippen LogP contribution in [-0.2, 0) is 0 Å². The molecule has 0 aliphatic heterocycles. The Labute approximate surface area is 191 Å². The van der Waals surface area contributed by atoms with Crippen molar-refractivity contribution >= 4 is 0 Å². The second-order valence-corrected chi connectivity index (χ2v) is 13.6. The molecule has 0 aromatic rings. The van der Waals surface area contributed by atoms with Crippen LogP contribution < -0.4 is 0 Å². The van der Waals surface area contributed by atoms with Gasteiger partial charge < -0.3 is 0 Å². The molecule has 5 rings (SSSR count). The van der Waals surface area contributed by atoms with E-state index < -0.39 is 0 Å². The lowest BCUT2D eigenvalue weighted by atomic mass is 9.46. The number of rotatable bonds is 6. The van der Waals surface area contributed by atoms with Crippen molar-refractivity contribution in [2.24, 2.45) is 58.2 Å². The summed E-state index contributed by atoms with van der Waals surface area (Å²) in [4.78, 5) is 0. The van der Waals surface area contributed by atoms with Crippen LogP contribution in [0.3, 0.4) is 0 Å². The highest BCUT2D eigenvalue weighted by molar-refractivity contribution is 5.25. The van der Waals surface area contributed by atoms with E-state index in [2.05, 4.69) is 40.7 Å². The highest BCUT2D eigenvalue weighted by Crippen LogP contribution is 2.68. The van der Waals surface area contributed by atoms with Crippen molar-refractivity contribution in [1.82, 2.24) is 0 Å². The van der Waals surface area contributed by atoms with Crippen molar-refractivity contribution < 1.29 is 2.85 Å². The lowest BCUT2D eigenvalue weighted by Crippen LogP contribution is -2.50. The van der Waals surface area contributed by atoms with Gasteiger partial charge >= 0.3 is 0 Å². The second kappa shape index (κ2) is 7.95. The van der Waals surface area contributed by atoms with Crippen LogP contribution in [0, 0.1) is 58.2 Å². The molecule has 30 heavy (non-hydrogen) atoms. The van der Waals surface area contributed by atoms with Gasteiger partial charge in [-0.15, -0.1) is 0 Å². The standard InChI is InChI=1S/C30H50.2H2/c1-20(2)7-6-8-21(3)26-13-14-27-25-12-11-24-19-23(22-9-10-22)15-17-29(24,4)28(25)16-18-30(26,27)5;;/h11,20-23,25-28H,6-10,12-19H2,1-5H3;2*1H/t21-,23+,25+,26-,27?,28?,29+,30-;;/m1../s1. The maximum absolute atomic E-state index is 2.81. The van der Waals surface area contributed by atoms with E-state index >= 15 is 0 Å². The highest BCUT2D eigenvalue weighted by atomic mass is 14.6. The van der Waals surface area contributed by atoms with Crippen molar-refractivity contribution in [2.75, 3.05) is 0 Å². The zero-order valence-corrected chi connectivity index (χ0v) is 20.9. The maximum atomic E-state index is 2.81. The number of hydrogen-bond acceptors (Lipinski definition) is 0. The molecule has 5 aliphatic rings. The van der Waals surface area contributed by atoms with Crippen LogP contribution in [0.4, 0.5) is 0 Å². The van der Waals surface area contributed by atoms with Crippen LogP contribution in [0.15, 0.2) is 11.6 Å². The van der Waals surface area contributed by atoms with E-state index in [1.165, 1.54) is 70.6 Å². The molecule has 5 aliphatic carbocycles. The first-order valence-electron chi connectivity index (χ1n) is 14.0. The van der Waals surface area contributed by atoms with Gasteiger partial charge in [-0.05, 0) is 122 Å². The quantitative estimate of drug-likeness (QED) is 0.379. The molecule has 0 aromatic heterocycles. The Morgan fingerprint density at radius 1 is 0.900 bits per heavy atom. The maximum Gasteiger partial charge on any atom is 0 e. The monoisotopic (exact) mass is 414 g/mol. The smallest absolute Gasteiger partial charge is 0 e. The third-order valence-electron chi connectivity index (χ3n) is 11.6. The van der Waals surface area contributed by atoms with Crippen molar-refractivity contribution in [1.29, 1.82) is 0 Å². The fraction of sp³-hybridized carbons (Fsp3) is 0.933. The molecular weight excluding hydrogens is 360 g/mol. The first-order chi connectivity index (χ1) is 14.3. The van der Waals surface area contributed by atoms with E-state index in [4.69, 9.17) is 0 Å². The molecule has 0 saturated heterocycles. The Morgan fingerprint density at radius 3 is 2.43 bits per heavy atom. The number of fused-ring (bicyclic) bond motifs is 5. The SMILES string of the molecule is CC(C)CCC[C@@H](C)[C@H]1CCC2[C@@H]3CC=C4C[C@@H](C5CC5)CC[C@]4(C)C3CC[C@@]21C.[HH].[HH]. The normalized spacial score (nSPS) is 46.7. The Hall–Kier alpha value is -0.260. The van der Waals surface area contributed by atoms with Crippen LogP contribution in [0.2, 0.25) is 0 Å². The molecule has 8 atom stereocenters. The van der Waals surface area contributed by atoms with Gasteiger partial charge in [0.05, 0.1) is 0 Å². The van der Waals surface area contributed by atoms with Crippen molar-refractivity contribution in [2.45, 2.75) is 118 Å². The minimum absolute atomic E-state index is 0. The fourth-order valence-corrected chi connectivity index (χ4v) is 9.68. The van der Waals surface area contributed by atoms with Crippen molar-refractivity contribution in [3.63, 3.8) is 0 Å². The minimum atomic E-state index is 0. The van der Waals surface area contributed by atoms with Crippen LogP contribution in [0.5, 0.6) is 0 Å². The molecule has 0 aromatic carbocycles. The average Bonchev–Trinajstić information content (AvgIpc) is 3.48. The third-order valence-corrected chi connectivity index (χ3v) is 11.6. The average molecular weight is 415 g/mol. The molecule has 4 saturated carbocycles. The summed E-state index contributed by atoms with van der Waals surface area (Å²) in [5.74, 6) is 8.00. The van der Waals surface area contributed by atoms with Gasteiger partial charge in [-0.25, -0.2) is 0 Å². The Balaban J connectivity index is 0.00000144. The van der Waals surface area contributed by atoms with E-state index in [0.717, 1.165) is 47.3 Å². The van der Waals surface area contributed by atoms with Gasteiger partial charge in [0.2, 0.25) is 0 Å². The molecule has 2 unspecified atom stereocenters. The zero-order chi connectivity index (χ0) is 21.1. The van der Waals surface area contributed by atoms with Gasteiger partial charge in [-0.3, -0.25) is 0 Å². The summed E-state index contributed by atoms with van der Waals surface area (Å²) < 4.78 is 0. The molecule has 0 heteroatoms. The lowest BCUT2D eigenvalue weighted by molar-refractivity contribution is -0.0532. The van der Waals surface area contributed by atoms with E-state index in [0.29, 0.717) is 10.8 Å². The van der Waals surface area contributed by atoms with Gasteiger partial charge in [0.15, 0.2) is 0 Å². The summed E-state index contributed by atoms with van der Waals surface area (Å²) >= 11 is 0. The summed E-state index contributed by atoms with van der Waals surface area (Å²) in [6.07, 6.45) is 22.3. The summed E-state index contributed by atoms with van der Waals surface area (Å²) in [6, 6.07) is 0. The van der Waals surface area contributed by atoms with Crippen LogP contribution in [-0.4, -0.2) is 0 Å². The van der Waals surface area contributed by atoms with Crippen molar-refractivity contribution in [3.05, 3.63) is 11.6 Å². The van der Waals surface area contributed by atoms with Crippen molar-refractivity contribution in [3.8, 4) is 0 Å². The Morgan fingerprint density at radius 2 is 1.70 bits per heavy atom. The minimum Gasteiger partial charge on any atom is -0.0845 e. The van der Waals surface area contributed by atoms with Gasteiger partial charge in [0.1, 0.15) is 0 Å². The molecule has 0 nitrogen and oxygen atoms in total. The molecule has 0 N–H and O–H groups in total. The van der Waals surface area contributed by atoms with Crippen LogP contribution in [0.1, 0.15) is 121 Å². The summed E-state index contributed by atoms with van der Waals surface area (Å²) in [5, 5.41) is 0. The first kappa shape index (κ1) is 21.6. The fourth-order valence-electron chi connectivity index (χ4n) is 9.68. The highest BCUT2D eigenvalue weighted by Gasteiger charge is 2.59. The van der Waals surface area contributed by atoms with Gasteiger partial charge in [-0.1, -0.05) is 65.5 Å². The third kappa shape index (κ3) is 3.55. The van der Waals surface area contributed by atoms with E-state index in [9.17, 15) is 0 Å². The van der Waals surface area contributed by atoms with Gasteiger partial charge in [0.25, 0.3) is 0 Å². The predicted octanol–water partition coefficient (Wildman–Crippen LogP) is 9.55. The molecule has 0 amide bonds. The molecule has 0 bridgehead atoms. The largest absolute Gasteiger partial charge is 0.0845 e. The predicted molar refractivity (Wildman–Crippen MR) is 133 cm³/mol. The van der Waals surface area contributed by atoms with Crippen LogP contribution in [0.25, 0.3) is 0 Å². The Bertz CT molecular complexity index is 664. The van der Waals surface area contributed by atoms with E-state index in [-0.39, 0.29) is 2.85 Å². The second-order valence-electron chi connectivity index (χ2n) is 13.6. The van der Waals surface area contributed by atoms with Gasteiger partial charge in [-0.2, -0.15) is 0 Å². The first-order valence-corrected chi connectivity index (χ1v) is 14.0. The lowest BCUT2D eigenvalue weighted by Gasteiger charge is -2.58. The van der Waals surface area contributed by atoms with Gasteiger partial charge in [0, 0.05) is 2.85 Å². The zero-order valence-electron chi connectivity index (χ0n) is 20.9. The molecular formula is C30H54. The molecule has 0 radical (unpaired) electrons. The number of hydrogen-bond donors (Lipinski definition) is 0. The van der Waals surface area contributed by atoms with E-state index in [1.54, 1.807) is 12.8 Å². The molecule has 0 spiro atoms. The summed E-state index contributed by atoms with van der Waals surface area (Å²) in [5.41, 5.74) is 3.13. The number of allylic oxidation sites excluding steroid dienone is 2. The molecule has 174 valence electrons. The topological polar surface area (TPSA) is 0 Å².